The van der Waals surface area contributed by atoms with Gasteiger partial charge in [-0.2, -0.15) is 0 Å². The smallest absolute Gasteiger partial charge is 0.255 e. The van der Waals surface area contributed by atoms with Crippen molar-refractivity contribution in [2.45, 2.75) is 32.0 Å². The van der Waals surface area contributed by atoms with Crippen LogP contribution in [0.5, 0.6) is 0 Å². The van der Waals surface area contributed by atoms with Gasteiger partial charge >= 0.3 is 0 Å². The number of benzene rings is 1. The summed E-state index contributed by atoms with van der Waals surface area (Å²) in [4.78, 5) is 42.2. The topological polar surface area (TPSA) is 91.4 Å². The molecular weight excluding hydrogens is 415 g/mol. The molecule has 0 aliphatic carbocycles. The molecule has 7 nitrogen and oxygen atoms in total. The predicted octanol–water partition coefficient (Wildman–Crippen LogP) is 2.07. The molecule has 2 aromatic rings. The molecule has 1 fully saturated rings. The van der Waals surface area contributed by atoms with Crippen LogP contribution < -0.4 is 10.6 Å². The number of nitrogens with one attached hydrogen (secondary N) is 2. The van der Waals surface area contributed by atoms with Gasteiger partial charge in [0.15, 0.2) is 0 Å². The second kappa shape index (κ2) is 9.35. The van der Waals surface area contributed by atoms with E-state index in [2.05, 4.69) is 15.6 Å². The first kappa shape index (κ1) is 22.8. The van der Waals surface area contributed by atoms with Gasteiger partial charge in [0, 0.05) is 36.8 Å². The first-order valence-electron chi connectivity index (χ1n) is 8.94. The normalized spacial score (nSPS) is 17.9. The summed E-state index contributed by atoms with van der Waals surface area (Å²) in [7, 11) is 1.89. The third-order valence-electron chi connectivity index (χ3n) is 5.02. The van der Waals surface area contributed by atoms with Crippen LogP contribution in [0, 0.1) is 0 Å². The van der Waals surface area contributed by atoms with Gasteiger partial charge in [0.25, 0.3) is 5.91 Å². The molecule has 1 atom stereocenters. The zero-order valence-electron chi connectivity index (χ0n) is 15.8. The predicted molar refractivity (Wildman–Crippen MR) is 113 cm³/mol. The molecule has 1 aromatic heterocycles. The van der Waals surface area contributed by atoms with Gasteiger partial charge in [0.1, 0.15) is 6.04 Å². The highest BCUT2D eigenvalue weighted by Gasteiger charge is 2.39. The summed E-state index contributed by atoms with van der Waals surface area (Å²) in [5.41, 5.74) is 4.39. The molecule has 154 valence electrons. The standard InChI is InChI=1S/C20H20N4O3.2ClH/c1-21-10-12-6-7-22-16(8-12)13-2-3-15-14(9-13)11-24(20(15)27)17-4-5-18(25)23-19(17)26;;/h2-3,6-9,17,21H,4-5,10-11H2,1H3,(H,23,25,26);2*1H. The minimum absolute atomic E-state index is 0. The molecule has 9 heteroatoms. The molecule has 0 bridgehead atoms. The lowest BCUT2D eigenvalue weighted by Crippen LogP contribution is -2.52. The van der Waals surface area contributed by atoms with Crippen LogP contribution >= 0.6 is 24.8 Å². The van der Waals surface area contributed by atoms with Crippen molar-refractivity contribution >= 4 is 42.5 Å². The summed E-state index contributed by atoms with van der Waals surface area (Å²) in [5, 5.41) is 5.44. The van der Waals surface area contributed by atoms with Crippen LogP contribution in [0.1, 0.15) is 34.3 Å². The molecule has 29 heavy (non-hydrogen) atoms. The number of carbonyl (C=O) groups excluding carboxylic acids is 3. The lowest BCUT2D eigenvalue weighted by Gasteiger charge is -2.29. The number of hydrogen-bond acceptors (Lipinski definition) is 5. The molecule has 0 spiro atoms. The van der Waals surface area contributed by atoms with E-state index in [0.717, 1.165) is 28.9 Å². The number of imide groups is 1. The van der Waals surface area contributed by atoms with Crippen LogP contribution in [0.2, 0.25) is 0 Å². The number of halogens is 2. The van der Waals surface area contributed by atoms with Crippen molar-refractivity contribution in [1.82, 2.24) is 20.5 Å². The van der Waals surface area contributed by atoms with Crippen molar-refractivity contribution in [2.75, 3.05) is 7.05 Å². The third-order valence-corrected chi connectivity index (χ3v) is 5.02. The van der Waals surface area contributed by atoms with Gasteiger partial charge < -0.3 is 10.2 Å². The summed E-state index contributed by atoms with van der Waals surface area (Å²) >= 11 is 0. The Hall–Kier alpha value is -2.48. The number of amides is 3. The Morgan fingerprint density at radius 3 is 2.69 bits per heavy atom. The molecule has 3 amide bonds. The van der Waals surface area contributed by atoms with Gasteiger partial charge in [-0.25, -0.2) is 0 Å². The first-order chi connectivity index (χ1) is 13.1. The minimum atomic E-state index is -0.594. The maximum absolute atomic E-state index is 12.7. The van der Waals surface area contributed by atoms with Crippen LogP contribution in [-0.2, 0) is 22.7 Å². The molecule has 3 heterocycles. The quantitative estimate of drug-likeness (QED) is 0.715. The van der Waals surface area contributed by atoms with Crippen molar-refractivity contribution in [1.29, 1.82) is 0 Å². The lowest BCUT2D eigenvalue weighted by atomic mass is 10.0. The van der Waals surface area contributed by atoms with Crippen LogP contribution in [0.25, 0.3) is 11.3 Å². The van der Waals surface area contributed by atoms with E-state index < -0.39 is 11.9 Å². The Bertz CT molecular complexity index is 951. The zero-order valence-corrected chi connectivity index (χ0v) is 17.4. The van der Waals surface area contributed by atoms with E-state index in [1.165, 1.54) is 0 Å². The fraction of sp³-hybridized carbons (Fsp3) is 0.300. The number of aromatic nitrogens is 1. The van der Waals surface area contributed by atoms with Gasteiger partial charge in [-0.1, -0.05) is 6.07 Å². The van der Waals surface area contributed by atoms with Crippen LogP contribution in [0.4, 0.5) is 0 Å². The molecule has 0 radical (unpaired) electrons. The monoisotopic (exact) mass is 436 g/mol. The van der Waals surface area contributed by atoms with Gasteiger partial charge in [0.2, 0.25) is 11.8 Å². The summed E-state index contributed by atoms with van der Waals surface area (Å²) in [6.45, 7) is 1.12. The van der Waals surface area contributed by atoms with E-state index in [1.807, 2.05) is 31.3 Å². The van der Waals surface area contributed by atoms with Gasteiger partial charge in [0.05, 0.1) is 5.69 Å². The first-order valence-corrected chi connectivity index (χ1v) is 8.94. The third kappa shape index (κ3) is 4.42. The van der Waals surface area contributed by atoms with Crippen molar-refractivity contribution in [3.8, 4) is 11.3 Å². The summed E-state index contributed by atoms with van der Waals surface area (Å²) in [6, 6.07) is 9.03. The lowest BCUT2D eigenvalue weighted by molar-refractivity contribution is -0.136. The SMILES string of the molecule is CNCc1ccnc(-c2ccc3c(c2)CN(C2CCC(=O)NC2=O)C3=O)c1.Cl.Cl. The van der Waals surface area contributed by atoms with Crippen molar-refractivity contribution in [3.05, 3.63) is 53.2 Å². The maximum Gasteiger partial charge on any atom is 0.255 e. The number of hydrogen-bond donors (Lipinski definition) is 2. The molecule has 1 saturated heterocycles. The van der Waals surface area contributed by atoms with Crippen LogP contribution in [0.3, 0.4) is 0 Å². The summed E-state index contributed by atoms with van der Waals surface area (Å²) in [6.07, 6.45) is 2.39. The average molecular weight is 437 g/mol. The Labute approximate surface area is 181 Å². The molecule has 1 unspecified atom stereocenters. The molecule has 0 saturated carbocycles. The Morgan fingerprint density at radius 1 is 1.17 bits per heavy atom. The Morgan fingerprint density at radius 2 is 1.97 bits per heavy atom. The second-order valence-electron chi connectivity index (χ2n) is 6.85. The number of carbonyl (C=O) groups is 3. The highest BCUT2D eigenvalue weighted by atomic mass is 35.5. The van der Waals surface area contributed by atoms with Crippen molar-refractivity contribution in [2.24, 2.45) is 0 Å². The zero-order chi connectivity index (χ0) is 19.0. The van der Waals surface area contributed by atoms with E-state index in [0.29, 0.717) is 18.5 Å². The maximum atomic E-state index is 12.7. The average Bonchev–Trinajstić information content (AvgIpc) is 2.98. The number of fused-ring (bicyclic) bond motifs is 1. The highest BCUT2D eigenvalue weighted by molar-refractivity contribution is 6.05. The van der Waals surface area contributed by atoms with Crippen LogP contribution in [0.15, 0.2) is 36.5 Å². The molecule has 1 aromatic carbocycles. The number of piperidine rings is 1. The van der Waals surface area contributed by atoms with E-state index in [9.17, 15) is 14.4 Å². The van der Waals surface area contributed by atoms with E-state index in [4.69, 9.17) is 0 Å². The van der Waals surface area contributed by atoms with E-state index in [-0.39, 0.29) is 43.0 Å². The van der Waals surface area contributed by atoms with Crippen molar-refractivity contribution < 1.29 is 14.4 Å². The summed E-state index contributed by atoms with van der Waals surface area (Å²) < 4.78 is 0. The van der Waals surface area contributed by atoms with Gasteiger partial charge in [-0.05, 0) is 48.9 Å². The van der Waals surface area contributed by atoms with E-state index in [1.54, 1.807) is 17.2 Å². The molecular formula is C20H22Cl2N4O3. The Balaban J connectivity index is 0.00000150. The summed E-state index contributed by atoms with van der Waals surface area (Å²) in [5.74, 6) is -0.841. The highest BCUT2D eigenvalue weighted by Crippen LogP contribution is 2.30. The number of rotatable bonds is 4. The molecule has 2 aliphatic heterocycles. The van der Waals surface area contributed by atoms with Crippen molar-refractivity contribution in [3.63, 3.8) is 0 Å². The second-order valence-corrected chi connectivity index (χ2v) is 6.85. The fourth-order valence-corrected chi connectivity index (χ4v) is 3.68. The molecule has 2 aliphatic rings. The molecule has 2 N–H and O–H groups in total. The largest absolute Gasteiger partial charge is 0.322 e. The Kier molecular flexibility index (Phi) is 7.35. The van der Waals surface area contributed by atoms with E-state index >= 15 is 0 Å². The van der Waals surface area contributed by atoms with Gasteiger partial charge in [-0.15, -0.1) is 24.8 Å². The van der Waals surface area contributed by atoms with Gasteiger partial charge in [-0.3, -0.25) is 24.7 Å². The molecule has 4 rings (SSSR count). The number of pyridine rings is 1. The van der Waals surface area contributed by atoms with Crippen LogP contribution in [-0.4, -0.2) is 40.7 Å². The fourth-order valence-electron chi connectivity index (χ4n) is 3.68. The number of nitrogens with zero attached hydrogens (tertiary/aromatic N) is 2. The minimum Gasteiger partial charge on any atom is -0.322 e.